The summed E-state index contributed by atoms with van der Waals surface area (Å²) in [5, 5.41) is 0. The number of nitrogens with one attached hydrogen (secondary N) is 1. The first-order chi connectivity index (χ1) is 7.89. The Morgan fingerprint density at radius 1 is 1.35 bits per heavy atom. The third-order valence-electron chi connectivity index (χ3n) is 1.94. The van der Waals surface area contributed by atoms with Gasteiger partial charge in [0.05, 0.1) is 4.90 Å². The Kier molecular flexibility index (Phi) is 4.59. The van der Waals surface area contributed by atoms with Crippen LogP contribution >= 0.6 is 0 Å². The Morgan fingerprint density at radius 2 is 1.94 bits per heavy atom. The van der Waals surface area contributed by atoms with Gasteiger partial charge in [0.15, 0.2) is 0 Å². The summed E-state index contributed by atoms with van der Waals surface area (Å²) < 4.78 is 33.6. The zero-order chi connectivity index (χ0) is 12.9. The standard InChI is InChI=1S/C10H12FNO4S/c1-8(13)16-12-7-6-9-2-4-10(5-3-9)17(11,14)15/h2-5,12H,6-7H2,1H3. The van der Waals surface area contributed by atoms with E-state index in [1.807, 2.05) is 0 Å². The van der Waals surface area contributed by atoms with E-state index in [1.54, 1.807) is 0 Å². The second-order valence-corrected chi connectivity index (χ2v) is 4.67. The molecule has 1 aromatic rings. The predicted octanol–water partition coefficient (Wildman–Crippen LogP) is 0.955. The number of benzene rings is 1. The lowest BCUT2D eigenvalue weighted by Crippen LogP contribution is -2.20. The van der Waals surface area contributed by atoms with Crippen LogP contribution in [0.4, 0.5) is 3.89 Å². The van der Waals surface area contributed by atoms with Gasteiger partial charge in [0.1, 0.15) is 0 Å². The summed E-state index contributed by atoms with van der Waals surface area (Å²) in [7, 11) is -4.64. The summed E-state index contributed by atoms with van der Waals surface area (Å²) in [6, 6.07) is 5.39. The van der Waals surface area contributed by atoms with Crippen molar-refractivity contribution in [3.05, 3.63) is 29.8 Å². The Hall–Kier alpha value is -1.47. The quantitative estimate of drug-likeness (QED) is 0.485. The Balaban J connectivity index is 2.49. The summed E-state index contributed by atoms with van der Waals surface area (Å²) >= 11 is 0. The molecule has 1 aromatic carbocycles. The molecule has 0 radical (unpaired) electrons. The highest BCUT2D eigenvalue weighted by Gasteiger charge is 2.10. The fourth-order valence-electron chi connectivity index (χ4n) is 1.17. The molecule has 0 atom stereocenters. The molecule has 5 nitrogen and oxygen atoms in total. The highest BCUT2D eigenvalue weighted by Crippen LogP contribution is 2.13. The molecule has 0 aliphatic carbocycles. The highest BCUT2D eigenvalue weighted by molar-refractivity contribution is 7.86. The Labute approximate surface area is 98.8 Å². The van der Waals surface area contributed by atoms with Crippen molar-refractivity contribution in [1.82, 2.24) is 5.48 Å². The molecule has 0 amide bonds. The van der Waals surface area contributed by atoms with E-state index in [1.165, 1.54) is 31.2 Å². The third-order valence-corrected chi connectivity index (χ3v) is 2.77. The molecule has 0 fully saturated rings. The van der Waals surface area contributed by atoms with Gasteiger partial charge >= 0.3 is 16.2 Å². The molecule has 0 aliphatic rings. The van der Waals surface area contributed by atoms with E-state index >= 15 is 0 Å². The second-order valence-electron chi connectivity index (χ2n) is 3.32. The van der Waals surface area contributed by atoms with Crippen molar-refractivity contribution in [3.63, 3.8) is 0 Å². The van der Waals surface area contributed by atoms with Gasteiger partial charge < -0.3 is 4.84 Å². The van der Waals surface area contributed by atoms with Crippen molar-refractivity contribution in [2.75, 3.05) is 6.54 Å². The monoisotopic (exact) mass is 261 g/mol. The van der Waals surface area contributed by atoms with Gasteiger partial charge in [-0.25, -0.2) is 0 Å². The molecule has 1 N–H and O–H groups in total. The highest BCUT2D eigenvalue weighted by atomic mass is 32.3. The van der Waals surface area contributed by atoms with Crippen LogP contribution in [0.3, 0.4) is 0 Å². The van der Waals surface area contributed by atoms with Crippen LogP contribution in [0, 0.1) is 0 Å². The van der Waals surface area contributed by atoms with Crippen molar-refractivity contribution in [2.45, 2.75) is 18.2 Å². The first-order valence-electron chi connectivity index (χ1n) is 4.83. The van der Waals surface area contributed by atoms with E-state index in [9.17, 15) is 17.1 Å². The topological polar surface area (TPSA) is 72.5 Å². The maximum atomic E-state index is 12.6. The van der Waals surface area contributed by atoms with Gasteiger partial charge in [-0.15, -0.1) is 3.89 Å². The van der Waals surface area contributed by atoms with Crippen LogP contribution < -0.4 is 5.48 Å². The average Bonchev–Trinajstić information content (AvgIpc) is 2.23. The van der Waals surface area contributed by atoms with E-state index in [-0.39, 0.29) is 4.90 Å². The second kappa shape index (κ2) is 5.74. The largest absolute Gasteiger partial charge is 0.371 e. The summed E-state index contributed by atoms with van der Waals surface area (Å²) in [6.45, 7) is 1.66. The number of hydrogen-bond acceptors (Lipinski definition) is 5. The zero-order valence-corrected chi connectivity index (χ0v) is 9.96. The Bertz CT molecular complexity index is 484. The minimum Gasteiger partial charge on any atom is -0.371 e. The lowest BCUT2D eigenvalue weighted by molar-refractivity contribution is -0.148. The maximum absolute atomic E-state index is 12.6. The number of carbonyl (C=O) groups excluding carboxylic acids is 1. The first-order valence-corrected chi connectivity index (χ1v) is 6.22. The van der Waals surface area contributed by atoms with Gasteiger partial charge in [-0.05, 0) is 24.1 Å². The molecule has 0 aromatic heterocycles. The van der Waals surface area contributed by atoms with Crippen LogP contribution in [-0.4, -0.2) is 20.9 Å². The van der Waals surface area contributed by atoms with Crippen LogP contribution in [0.2, 0.25) is 0 Å². The van der Waals surface area contributed by atoms with Gasteiger partial charge in [-0.3, -0.25) is 4.79 Å². The van der Waals surface area contributed by atoms with E-state index in [2.05, 4.69) is 10.3 Å². The average molecular weight is 261 g/mol. The van der Waals surface area contributed by atoms with Crippen LogP contribution in [0.15, 0.2) is 29.2 Å². The normalized spacial score (nSPS) is 11.2. The minimum atomic E-state index is -4.64. The molecule has 0 unspecified atom stereocenters. The summed E-state index contributed by atoms with van der Waals surface area (Å²) in [5.41, 5.74) is 3.24. The molecule has 7 heteroatoms. The van der Waals surface area contributed by atoms with E-state index < -0.39 is 16.2 Å². The number of hydrogen-bond donors (Lipinski definition) is 1. The van der Waals surface area contributed by atoms with Crippen molar-refractivity contribution in [3.8, 4) is 0 Å². The van der Waals surface area contributed by atoms with Crippen LogP contribution in [-0.2, 0) is 26.3 Å². The molecule has 0 aliphatic heterocycles. The fraction of sp³-hybridized carbons (Fsp3) is 0.300. The van der Waals surface area contributed by atoms with Gasteiger partial charge in [0.2, 0.25) is 0 Å². The molecule has 1 rings (SSSR count). The fourth-order valence-corrected chi connectivity index (χ4v) is 1.63. The van der Waals surface area contributed by atoms with Crippen molar-refractivity contribution in [2.24, 2.45) is 0 Å². The lowest BCUT2D eigenvalue weighted by atomic mass is 10.2. The summed E-state index contributed by atoms with van der Waals surface area (Å²) in [5.74, 6) is -0.441. The van der Waals surface area contributed by atoms with Crippen molar-refractivity contribution >= 4 is 16.2 Å². The van der Waals surface area contributed by atoms with Gasteiger partial charge in [-0.1, -0.05) is 12.1 Å². The molecule has 0 heterocycles. The minimum absolute atomic E-state index is 0.366. The number of carbonyl (C=O) groups is 1. The summed E-state index contributed by atoms with van der Waals surface area (Å²) in [6.07, 6.45) is 0.528. The molecule has 94 valence electrons. The van der Waals surface area contributed by atoms with E-state index in [0.29, 0.717) is 13.0 Å². The number of halogens is 1. The molecule has 0 saturated heterocycles. The lowest BCUT2D eigenvalue weighted by Gasteiger charge is -2.04. The van der Waals surface area contributed by atoms with Crippen LogP contribution in [0.5, 0.6) is 0 Å². The van der Waals surface area contributed by atoms with Gasteiger partial charge in [-0.2, -0.15) is 13.9 Å². The smallest absolute Gasteiger partial charge is 0.332 e. The SMILES string of the molecule is CC(=O)ONCCc1ccc(S(=O)(=O)F)cc1. The number of rotatable bonds is 5. The van der Waals surface area contributed by atoms with Crippen molar-refractivity contribution in [1.29, 1.82) is 0 Å². The zero-order valence-electron chi connectivity index (χ0n) is 9.14. The molecule has 0 spiro atoms. The molecule has 0 bridgehead atoms. The van der Waals surface area contributed by atoms with E-state index in [0.717, 1.165) is 5.56 Å². The van der Waals surface area contributed by atoms with Gasteiger partial charge in [0.25, 0.3) is 0 Å². The van der Waals surface area contributed by atoms with Crippen molar-refractivity contribution < 1.29 is 21.9 Å². The van der Waals surface area contributed by atoms with Gasteiger partial charge in [0, 0.05) is 13.5 Å². The Morgan fingerprint density at radius 3 is 2.41 bits per heavy atom. The number of hydroxylamine groups is 1. The third kappa shape index (κ3) is 4.92. The molecule has 0 saturated carbocycles. The van der Waals surface area contributed by atoms with Crippen LogP contribution in [0.25, 0.3) is 0 Å². The first kappa shape index (κ1) is 13.6. The maximum Gasteiger partial charge on any atom is 0.332 e. The summed E-state index contributed by atoms with van der Waals surface area (Å²) in [4.78, 5) is 14.5. The molecule has 17 heavy (non-hydrogen) atoms. The van der Waals surface area contributed by atoms with Crippen LogP contribution in [0.1, 0.15) is 12.5 Å². The molecular formula is C10H12FNO4S. The van der Waals surface area contributed by atoms with E-state index in [4.69, 9.17) is 0 Å². The molecular weight excluding hydrogens is 249 g/mol. The predicted molar refractivity (Wildman–Crippen MR) is 58.2 cm³/mol.